The van der Waals surface area contributed by atoms with Crippen molar-refractivity contribution < 1.29 is 9.84 Å². The second-order valence-corrected chi connectivity index (χ2v) is 3.46. The lowest BCUT2D eigenvalue weighted by atomic mass is 10.1. The van der Waals surface area contributed by atoms with Crippen molar-refractivity contribution in [1.82, 2.24) is 0 Å². The first kappa shape index (κ1) is 11.6. The first-order chi connectivity index (χ1) is 7.26. The second kappa shape index (κ2) is 6.12. The van der Waals surface area contributed by atoms with Crippen LogP contribution >= 0.6 is 0 Å². The summed E-state index contributed by atoms with van der Waals surface area (Å²) in [5.41, 5.74) is 1.10. The smallest absolute Gasteiger partial charge is 0.122 e. The molecule has 1 aromatic rings. The Bertz CT molecular complexity index is 329. The molecule has 15 heavy (non-hydrogen) atoms. The first-order valence-electron chi connectivity index (χ1n) is 5.28. The van der Waals surface area contributed by atoms with Crippen molar-refractivity contribution in [3.05, 3.63) is 35.9 Å². The van der Waals surface area contributed by atoms with Crippen LogP contribution in [0.2, 0.25) is 0 Å². The fraction of sp³-hybridized carbons (Fsp3) is 0.385. The molecule has 0 aliphatic rings. The third-order valence-corrected chi connectivity index (χ3v) is 2.19. The van der Waals surface area contributed by atoms with Gasteiger partial charge in [-0.3, -0.25) is 0 Å². The molecule has 0 heterocycles. The van der Waals surface area contributed by atoms with E-state index in [1.165, 1.54) is 0 Å². The van der Waals surface area contributed by atoms with E-state index in [4.69, 9.17) is 4.74 Å². The lowest BCUT2D eigenvalue weighted by Crippen LogP contribution is -1.87. The minimum atomic E-state index is 0.267. The van der Waals surface area contributed by atoms with Crippen molar-refractivity contribution in [1.29, 1.82) is 0 Å². The Hall–Kier alpha value is -1.44. The van der Waals surface area contributed by atoms with Gasteiger partial charge in [0, 0.05) is 6.07 Å². The number of aromatic hydroxyl groups is 1. The van der Waals surface area contributed by atoms with Crippen LogP contribution in [-0.4, -0.2) is 12.2 Å². The molecular formula is C13H18O2. The summed E-state index contributed by atoms with van der Waals surface area (Å²) in [4.78, 5) is 0. The highest BCUT2D eigenvalue weighted by atomic mass is 16.5. The summed E-state index contributed by atoms with van der Waals surface area (Å²) in [6.07, 6.45) is 7.32. The number of benzene rings is 1. The number of ether oxygens (including phenoxy) is 1. The molecule has 0 atom stereocenters. The summed E-state index contributed by atoms with van der Waals surface area (Å²) in [5, 5.41) is 9.43. The van der Waals surface area contributed by atoms with Gasteiger partial charge in [0.05, 0.1) is 7.11 Å². The van der Waals surface area contributed by atoms with Gasteiger partial charge in [-0.05, 0) is 37.0 Å². The number of allylic oxidation sites excluding steroid dienone is 2. The fourth-order valence-electron chi connectivity index (χ4n) is 1.44. The van der Waals surface area contributed by atoms with Gasteiger partial charge < -0.3 is 9.84 Å². The molecular weight excluding hydrogens is 188 g/mol. The molecule has 0 spiro atoms. The third kappa shape index (κ3) is 4.07. The summed E-state index contributed by atoms with van der Waals surface area (Å²) >= 11 is 0. The Balaban J connectivity index is 2.60. The summed E-state index contributed by atoms with van der Waals surface area (Å²) in [6.45, 7) is 2.12. The zero-order chi connectivity index (χ0) is 11.1. The molecule has 2 nitrogen and oxygen atoms in total. The van der Waals surface area contributed by atoms with Gasteiger partial charge in [-0.1, -0.05) is 19.1 Å². The Morgan fingerprint density at radius 2 is 2.07 bits per heavy atom. The average molecular weight is 206 g/mol. The number of rotatable bonds is 5. The SMILES string of the molecule is CC/C=C/CCc1cc(O)cc(OC)c1. The molecule has 0 radical (unpaired) electrons. The van der Waals surface area contributed by atoms with Crippen molar-refractivity contribution in [2.24, 2.45) is 0 Å². The standard InChI is InChI=1S/C13H18O2/c1-3-4-5-6-7-11-8-12(14)10-13(9-11)15-2/h4-5,8-10,14H,3,6-7H2,1-2H3/b5-4+. The number of phenolic OH excluding ortho intramolecular Hbond substituents is 1. The highest BCUT2D eigenvalue weighted by Crippen LogP contribution is 2.22. The lowest BCUT2D eigenvalue weighted by molar-refractivity contribution is 0.407. The van der Waals surface area contributed by atoms with Crippen LogP contribution in [0.3, 0.4) is 0 Å². The molecule has 1 aromatic carbocycles. The van der Waals surface area contributed by atoms with E-state index in [1.807, 2.05) is 6.07 Å². The maximum absolute atomic E-state index is 9.43. The Morgan fingerprint density at radius 1 is 1.27 bits per heavy atom. The molecule has 2 heteroatoms. The van der Waals surface area contributed by atoms with Crippen LogP contribution in [-0.2, 0) is 6.42 Å². The highest BCUT2D eigenvalue weighted by Gasteiger charge is 1.99. The van der Waals surface area contributed by atoms with E-state index in [9.17, 15) is 5.11 Å². The molecule has 0 fully saturated rings. The molecule has 0 bridgehead atoms. The second-order valence-electron chi connectivity index (χ2n) is 3.46. The molecule has 82 valence electrons. The molecule has 0 saturated heterocycles. The van der Waals surface area contributed by atoms with E-state index in [-0.39, 0.29) is 5.75 Å². The molecule has 0 aromatic heterocycles. The van der Waals surface area contributed by atoms with Crippen LogP contribution in [0.15, 0.2) is 30.4 Å². The normalized spacial score (nSPS) is 10.8. The minimum Gasteiger partial charge on any atom is -0.508 e. The van der Waals surface area contributed by atoms with E-state index in [1.54, 1.807) is 19.2 Å². The highest BCUT2D eigenvalue weighted by molar-refractivity contribution is 5.37. The zero-order valence-corrected chi connectivity index (χ0v) is 9.36. The predicted octanol–water partition coefficient (Wildman–Crippen LogP) is 3.30. The monoisotopic (exact) mass is 206 g/mol. The number of phenols is 1. The summed E-state index contributed by atoms with van der Waals surface area (Å²) in [6, 6.07) is 5.35. The summed E-state index contributed by atoms with van der Waals surface area (Å²) in [5.74, 6) is 0.980. The van der Waals surface area contributed by atoms with Gasteiger partial charge in [0.25, 0.3) is 0 Å². The summed E-state index contributed by atoms with van der Waals surface area (Å²) < 4.78 is 5.09. The van der Waals surface area contributed by atoms with E-state index in [2.05, 4.69) is 19.1 Å². The van der Waals surface area contributed by atoms with Gasteiger partial charge in [0.1, 0.15) is 11.5 Å². The van der Waals surface area contributed by atoms with Crippen LogP contribution in [0.25, 0.3) is 0 Å². The van der Waals surface area contributed by atoms with Crippen LogP contribution in [0.5, 0.6) is 11.5 Å². The molecule has 1 rings (SSSR count). The topological polar surface area (TPSA) is 29.5 Å². The third-order valence-electron chi connectivity index (χ3n) is 2.19. The van der Waals surface area contributed by atoms with Gasteiger partial charge >= 0.3 is 0 Å². The van der Waals surface area contributed by atoms with Gasteiger partial charge in [0.15, 0.2) is 0 Å². The van der Waals surface area contributed by atoms with Crippen molar-refractivity contribution in [2.45, 2.75) is 26.2 Å². The van der Waals surface area contributed by atoms with E-state index in [0.717, 1.165) is 24.8 Å². The predicted molar refractivity (Wildman–Crippen MR) is 62.4 cm³/mol. The minimum absolute atomic E-state index is 0.267. The van der Waals surface area contributed by atoms with Crippen molar-refractivity contribution >= 4 is 0 Å². The largest absolute Gasteiger partial charge is 0.508 e. The number of methoxy groups -OCH3 is 1. The maximum atomic E-state index is 9.43. The lowest BCUT2D eigenvalue weighted by Gasteiger charge is -2.04. The average Bonchev–Trinajstić information content (AvgIpc) is 2.23. The van der Waals surface area contributed by atoms with Crippen LogP contribution in [0.1, 0.15) is 25.3 Å². The zero-order valence-electron chi connectivity index (χ0n) is 9.36. The van der Waals surface area contributed by atoms with Crippen molar-refractivity contribution in [3.8, 4) is 11.5 Å². The number of hydrogen-bond acceptors (Lipinski definition) is 2. The fourth-order valence-corrected chi connectivity index (χ4v) is 1.44. The molecule has 0 saturated carbocycles. The quantitative estimate of drug-likeness (QED) is 0.749. The van der Waals surface area contributed by atoms with Crippen molar-refractivity contribution in [3.63, 3.8) is 0 Å². The van der Waals surface area contributed by atoms with E-state index >= 15 is 0 Å². The van der Waals surface area contributed by atoms with Crippen molar-refractivity contribution in [2.75, 3.05) is 7.11 Å². The Morgan fingerprint density at radius 3 is 2.73 bits per heavy atom. The number of aryl methyl sites for hydroxylation is 1. The molecule has 0 aliphatic heterocycles. The molecule has 0 amide bonds. The Labute approximate surface area is 91.2 Å². The van der Waals surface area contributed by atoms with Gasteiger partial charge in [-0.2, -0.15) is 0 Å². The van der Waals surface area contributed by atoms with E-state index in [0.29, 0.717) is 5.75 Å². The van der Waals surface area contributed by atoms with Crippen LogP contribution in [0, 0.1) is 0 Å². The molecule has 0 unspecified atom stereocenters. The van der Waals surface area contributed by atoms with Crippen LogP contribution < -0.4 is 4.74 Å². The maximum Gasteiger partial charge on any atom is 0.122 e. The van der Waals surface area contributed by atoms with Crippen LogP contribution in [0.4, 0.5) is 0 Å². The number of hydrogen-bond donors (Lipinski definition) is 1. The van der Waals surface area contributed by atoms with Gasteiger partial charge in [-0.25, -0.2) is 0 Å². The first-order valence-corrected chi connectivity index (χ1v) is 5.28. The Kier molecular flexibility index (Phi) is 4.75. The summed E-state index contributed by atoms with van der Waals surface area (Å²) in [7, 11) is 1.61. The van der Waals surface area contributed by atoms with Gasteiger partial charge in [0.2, 0.25) is 0 Å². The van der Waals surface area contributed by atoms with E-state index < -0.39 is 0 Å². The van der Waals surface area contributed by atoms with Gasteiger partial charge in [-0.15, -0.1) is 0 Å². The molecule has 1 N–H and O–H groups in total. The molecule has 0 aliphatic carbocycles.